The summed E-state index contributed by atoms with van der Waals surface area (Å²) in [6.45, 7) is 3.45. The van der Waals surface area contributed by atoms with Crippen molar-refractivity contribution in [3.05, 3.63) is 11.1 Å². The van der Waals surface area contributed by atoms with Gasteiger partial charge in [0.1, 0.15) is 28.6 Å². The number of aromatic nitrogens is 1. The number of carbonyl (C=O) groups is 4. The standard InChI is InChI=1S/C17H20ClN5O6S2/c1-8(2)29-22-10(9-3-30-16(20-9)19-7-24)12(25)21-11-13(26)23-5-17(4-18,15(27)28)6-31-14(11)23/h3,7-8,11,14H,4-6H2,1-2H3,(H,21,25)(H,27,28)(H,19,20,24)/t11?,14-,17?/m1/s1. The largest absolute Gasteiger partial charge is 0.481 e. The number of aliphatic carboxylic acids is 1. The molecular weight excluding hydrogens is 470 g/mol. The van der Waals surface area contributed by atoms with E-state index >= 15 is 0 Å². The molecule has 3 amide bonds. The van der Waals surface area contributed by atoms with Crippen molar-refractivity contribution in [1.29, 1.82) is 0 Å². The Hall–Kier alpha value is -2.38. The van der Waals surface area contributed by atoms with Crippen LogP contribution in [0.4, 0.5) is 5.13 Å². The SMILES string of the molecule is CC(C)ON=C(C(=O)NC1C(=O)N2CC(CCl)(C(=O)O)CS[C@H]12)c1csc(NC=O)n1. The van der Waals surface area contributed by atoms with Gasteiger partial charge in [0.25, 0.3) is 5.91 Å². The number of fused-ring (bicyclic) bond motifs is 1. The number of thioether (sulfide) groups is 1. The second-order valence-corrected chi connectivity index (χ2v) is 9.46. The molecule has 2 aliphatic heterocycles. The number of carboxylic acids is 1. The smallest absolute Gasteiger partial charge is 0.313 e. The minimum atomic E-state index is -1.21. The molecule has 1 aromatic heterocycles. The van der Waals surface area contributed by atoms with E-state index in [9.17, 15) is 24.3 Å². The normalized spacial score (nSPS) is 25.5. The van der Waals surface area contributed by atoms with Gasteiger partial charge in [-0.15, -0.1) is 34.7 Å². The molecule has 3 atom stereocenters. The maximum atomic E-state index is 12.9. The summed E-state index contributed by atoms with van der Waals surface area (Å²) in [7, 11) is 0. The Bertz CT molecular complexity index is 925. The van der Waals surface area contributed by atoms with Crippen molar-refractivity contribution in [2.45, 2.75) is 31.4 Å². The molecule has 2 fully saturated rings. The molecular formula is C17H20ClN5O6S2. The van der Waals surface area contributed by atoms with Gasteiger partial charge in [-0.25, -0.2) is 4.98 Å². The summed E-state index contributed by atoms with van der Waals surface area (Å²) in [4.78, 5) is 58.4. The summed E-state index contributed by atoms with van der Waals surface area (Å²) < 4.78 is 0. The van der Waals surface area contributed by atoms with Gasteiger partial charge >= 0.3 is 5.97 Å². The van der Waals surface area contributed by atoms with Crippen molar-refractivity contribution in [3.8, 4) is 0 Å². The highest BCUT2D eigenvalue weighted by molar-refractivity contribution is 8.00. The zero-order chi connectivity index (χ0) is 22.8. The van der Waals surface area contributed by atoms with Gasteiger partial charge in [-0.05, 0) is 13.8 Å². The molecule has 3 rings (SSSR count). The van der Waals surface area contributed by atoms with Crippen molar-refractivity contribution in [2.75, 3.05) is 23.5 Å². The molecule has 168 valence electrons. The van der Waals surface area contributed by atoms with E-state index in [1.165, 1.54) is 22.0 Å². The number of thiazole rings is 1. The number of amides is 3. The predicted octanol–water partition coefficient (Wildman–Crippen LogP) is 0.550. The molecule has 11 nitrogen and oxygen atoms in total. The number of hydrogen-bond acceptors (Lipinski definition) is 9. The Balaban J connectivity index is 1.74. The summed E-state index contributed by atoms with van der Waals surface area (Å²) in [6, 6.07) is -0.838. The van der Waals surface area contributed by atoms with Crippen LogP contribution in [0.25, 0.3) is 0 Å². The second-order valence-electron chi connectivity index (χ2n) is 7.23. The van der Waals surface area contributed by atoms with Crippen LogP contribution in [0.3, 0.4) is 0 Å². The third kappa shape index (κ3) is 4.62. The summed E-state index contributed by atoms with van der Waals surface area (Å²) in [5, 5.41) is 19.8. The van der Waals surface area contributed by atoms with Crippen LogP contribution in [0.1, 0.15) is 19.5 Å². The topological polar surface area (TPSA) is 150 Å². The number of β-lactam (4-membered cyclic amide) rings is 1. The fourth-order valence-electron chi connectivity index (χ4n) is 2.97. The van der Waals surface area contributed by atoms with E-state index < -0.39 is 34.6 Å². The number of carboxylic acid groups (broad SMARTS) is 1. The summed E-state index contributed by atoms with van der Waals surface area (Å²) in [5.41, 5.74) is -1.18. The summed E-state index contributed by atoms with van der Waals surface area (Å²) in [6.07, 6.45) is 0.160. The maximum Gasteiger partial charge on any atom is 0.313 e. The molecule has 3 heterocycles. The van der Waals surface area contributed by atoms with Gasteiger partial charge in [0.05, 0.1) is 0 Å². The van der Waals surface area contributed by atoms with Crippen molar-refractivity contribution in [2.24, 2.45) is 10.6 Å². The van der Waals surface area contributed by atoms with E-state index in [2.05, 4.69) is 20.8 Å². The molecule has 0 bridgehead atoms. The number of hydrogen-bond donors (Lipinski definition) is 3. The van der Waals surface area contributed by atoms with Crippen LogP contribution in [0.5, 0.6) is 0 Å². The Morgan fingerprint density at radius 2 is 2.29 bits per heavy atom. The fraction of sp³-hybridized carbons (Fsp3) is 0.529. The summed E-state index contributed by atoms with van der Waals surface area (Å²) >= 11 is 8.22. The zero-order valence-electron chi connectivity index (χ0n) is 16.5. The molecule has 0 radical (unpaired) electrons. The van der Waals surface area contributed by atoms with Crippen molar-refractivity contribution < 1.29 is 29.1 Å². The van der Waals surface area contributed by atoms with Crippen molar-refractivity contribution in [1.82, 2.24) is 15.2 Å². The maximum absolute atomic E-state index is 12.9. The lowest BCUT2D eigenvalue weighted by Gasteiger charge is -2.53. The minimum absolute atomic E-state index is 0.0150. The average molecular weight is 490 g/mol. The highest BCUT2D eigenvalue weighted by Gasteiger charge is 2.57. The molecule has 2 saturated heterocycles. The monoisotopic (exact) mass is 489 g/mol. The first kappa shape index (κ1) is 23.3. The number of carbonyl (C=O) groups excluding carboxylic acids is 3. The molecule has 2 aliphatic rings. The molecule has 31 heavy (non-hydrogen) atoms. The molecule has 0 spiro atoms. The van der Waals surface area contributed by atoms with E-state index in [4.69, 9.17) is 16.4 Å². The lowest BCUT2D eigenvalue weighted by molar-refractivity contribution is -0.157. The molecule has 0 aromatic carbocycles. The van der Waals surface area contributed by atoms with Gasteiger partial charge in [0, 0.05) is 23.6 Å². The van der Waals surface area contributed by atoms with Crippen LogP contribution in [0, 0.1) is 5.41 Å². The molecule has 14 heteroatoms. The Morgan fingerprint density at radius 3 is 2.90 bits per heavy atom. The first-order chi connectivity index (χ1) is 14.7. The minimum Gasteiger partial charge on any atom is -0.481 e. The van der Waals surface area contributed by atoms with Crippen LogP contribution < -0.4 is 10.6 Å². The number of alkyl halides is 1. The number of nitrogens with zero attached hydrogens (tertiary/aromatic N) is 3. The molecule has 2 unspecified atom stereocenters. The van der Waals surface area contributed by atoms with Gasteiger partial charge in [0.2, 0.25) is 12.3 Å². The van der Waals surface area contributed by atoms with Crippen LogP contribution in [0.2, 0.25) is 0 Å². The Labute approximate surface area is 190 Å². The molecule has 3 N–H and O–H groups in total. The van der Waals surface area contributed by atoms with E-state index in [1.54, 1.807) is 13.8 Å². The van der Waals surface area contributed by atoms with Crippen molar-refractivity contribution >= 4 is 69.7 Å². The van der Waals surface area contributed by atoms with Crippen LogP contribution >= 0.6 is 34.7 Å². The average Bonchev–Trinajstić information content (AvgIpc) is 3.19. The van der Waals surface area contributed by atoms with Crippen LogP contribution in [-0.2, 0) is 24.0 Å². The Kier molecular flexibility index (Phi) is 7.06. The van der Waals surface area contributed by atoms with E-state index in [1.807, 2.05) is 0 Å². The van der Waals surface area contributed by atoms with Gasteiger partial charge in [-0.3, -0.25) is 19.2 Å². The van der Waals surface area contributed by atoms with Gasteiger partial charge in [-0.1, -0.05) is 5.16 Å². The quantitative estimate of drug-likeness (QED) is 0.149. The van der Waals surface area contributed by atoms with E-state index in [0.29, 0.717) is 6.41 Å². The highest BCUT2D eigenvalue weighted by atomic mass is 35.5. The van der Waals surface area contributed by atoms with E-state index in [0.717, 1.165) is 11.3 Å². The van der Waals surface area contributed by atoms with Crippen molar-refractivity contribution in [3.63, 3.8) is 0 Å². The number of nitrogens with one attached hydrogen (secondary N) is 2. The van der Waals surface area contributed by atoms with Gasteiger partial charge in [-0.2, -0.15) is 0 Å². The number of anilines is 1. The third-order valence-corrected chi connectivity index (χ3v) is 7.51. The first-order valence-electron chi connectivity index (χ1n) is 9.14. The van der Waals surface area contributed by atoms with E-state index in [-0.39, 0.29) is 40.8 Å². The number of oxime groups is 1. The Morgan fingerprint density at radius 1 is 1.55 bits per heavy atom. The number of rotatable bonds is 9. The summed E-state index contributed by atoms with van der Waals surface area (Å²) in [5.74, 6) is -2.02. The molecule has 0 aliphatic carbocycles. The number of halogens is 1. The lowest BCUT2D eigenvalue weighted by Crippen LogP contribution is -2.74. The lowest BCUT2D eigenvalue weighted by atomic mass is 9.89. The molecule has 0 saturated carbocycles. The second kappa shape index (κ2) is 9.40. The predicted molar refractivity (Wildman–Crippen MR) is 115 cm³/mol. The van der Waals surface area contributed by atoms with Crippen LogP contribution in [-0.4, -0.2) is 80.6 Å². The van der Waals surface area contributed by atoms with Gasteiger partial charge in [0.15, 0.2) is 10.8 Å². The zero-order valence-corrected chi connectivity index (χ0v) is 18.9. The van der Waals surface area contributed by atoms with Gasteiger partial charge < -0.3 is 25.5 Å². The highest BCUT2D eigenvalue weighted by Crippen LogP contribution is 2.42. The fourth-order valence-corrected chi connectivity index (χ4v) is 5.57. The molecule has 1 aromatic rings. The third-order valence-electron chi connectivity index (χ3n) is 4.64. The van der Waals surface area contributed by atoms with Crippen LogP contribution in [0.15, 0.2) is 10.5 Å². The first-order valence-corrected chi connectivity index (χ1v) is 11.6.